The number of benzene rings is 1. The van der Waals surface area contributed by atoms with Crippen LogP contribution in [0.15, 0.2) is 12.1 Å². The molecule has 3 aromatic rings. The van der Waals surface area contributed by atoms with Crippen LogP contribution < -0.4 is 19.7 Å². The fourth-order valence-electron chi connectivity index (χ4n) is 3.70. The molecular weight excluding hydrogens is 424 g/mol. The zero-order valence-electron chi connectivity index (χ0n) is 16.3. The number of nitriles is 1. The van der Waals surface area contributed by atoms with E-state index in [4.69, 9.17) is 14.2 Å². The van der Waals surface area contributed by atoms with Gasteiger partial charge in [-0.15, -0.1) is 11.3 Å². The van der Waals surface area contributed by atoms with Crippen LogP contribution in [0.4, 0.5) is 21.9 Å². The first-order chi connectivity index (χ1) is 15.0. The van der Waals surface area contributed by atoms with Gasteiger partial charge in [-0.3, -0.25) is 4.90 Å². The molecule has 156 valence electrons. The highest BCUT2D eigenvalue weighted by Crippen LogP contribution is 2.53. The standard InChI is InChI=1S/C20H14N4O6S/c1-3-28-19(26)16-12-11-14(9(6-21)17(25)23-18(11)31-16)24(20(27)22-12)13-8(2)4-5-10-15(13)30-7-29-10/h4-5H,3,7H2,1-2H3,(H,22,27)(H,23,25). The number of thiophene rings is 1. The van der Waals surface area contributed by atoms with Crippen LogP contribution in [0, 0.1) is 18.3 Å². The fourth-order valence-corrected chi connectivity index (χ4v) is 4.72. The summed E-state index contributed by atoms with van der Waals surface area (Å²) in [5.41, 5.74) is 1.15. The molecule has 0 saturated carbocycles. The van der Waals surface area contributed by atoms with Crippen molar-refractivity contribution in [2.45, 2.75) is 13.8 Å². The number of aromatic hydroxyl groups is 1. The van der Waals surface area contributed by atoms with Gasteiger partial charge in [-0.25, -0.2) is 14.6 Å². The van der Waals surface area contributed by atoms with E-state index in [2.05, 4.69) is 10.3 Å². The number of aromatic nitrogens is 1. The molecule has 31 heavy (non-hydrogen) atoms. The first-order valence-corrected chi connectivity index (χ1v) is 10.0. The first kappa shape index (κ1) is 19.0. The number of hydrogen-bond donors (Lipinski definition) is 2. The summed E-state index contributed by atoms with van der Waals surface area (Å²) in [6, 6.07) is 4.77. The Bertz CT molecular complexity index is 1340. The SMILES string of the molecule is CCOC(=O)c1sc2nc(O)c(C#N)c3c2c1NC(=O)N3c1c(C)ccc2c1OCO2. The van der Waals surface area contributed by atoms with Crippen molar-refractivity contribution in [2.24, 2.45) is 0 Å². The predicted octanol–water partition coefficient (Wildman–Crippen LogP) is 3.77. The summed E-state index contributed by atoms with van der Waals surface area (Å²) in [4.78, 5) is 31.5. The third-order valence-corrected chi connectivity index (χ3v) is 6.03. The Hall–Kier alpha value is -4.04. The van der Waals surface area contributed by atoms with Crippen molar-refractivity contribution < 1.29 is 28.9 Å². The zero-order chi connectivity index (χ0) is 21.9. The molecule has 0 aliphatic carbocycles. The summed E-state index contributed by atoms with van der Waals surface area (Å²) >= 11 is 0.961. The number of pyridine rings is 1. The molecule has 2 aliphatic heterocycles. The van der Waals surface area contributed by atoms with Gasteiger partial charge < -0.3 is 24.6 Å². The van der Waals surface area contributed by atoms with Crippen molar-refractivity contribution >= 4 is 50.6 Å². The number of hydrogen-bond acceptors (Lipinski definition) is 9. The number of amides is 2. The monoisotopic (exact) mass is 438 g/mol. The third kappa shape index (κ3) is 2.58. The number of carbonyl (C=O) groups is 2. The molecule has 5 rings (SSSR count). The summed E-state index contributed by atoms with van der Waals surface area (Å²) in [6.45, 7) is 3.58. The Morgan fingerprint density at radius 1 is 1.42 bits per heavy atom. The van der Waals surface area contributed by atoms with E-state index in [1.54, 1.807) is 26.0 Å². The topological polar surface area (TPSA) is 134 Å². The number of aryl methyl sites for hydroxylation is 1. The van der Waals surface area contributed by atoms with Gasteiger partial charge in [-0.1, -0.05) is 6.07 Å². The van der Waals surface area contributed by atoms with Crippen LogP contribution in [-0.4, -0.2) is 35.5 Å². The predicted molar refractivity (Wildman–Crippen MR) is 110 cm³/mol. The highest BCUT2D eigenvalue weighted by atomic mass is 32.1. The molecule has 2 aromatic heterocycles. The number of urea groups is 1. The highest BCUT2D eigenvalue weighted by molar-refractivity contribution is 7.21. The van der Waals surface area contributed by atoms with Crippen LogP contribution >= 0.6 is 11.3 Å². The number of nitrogens with one attached hydrogen (secondary N) is 1. The minimum atomic E-state index is -0.633. The van der Waals surface area contributed by atoms with E-state index in [9.17, 15) is 20.0 Å². The molecule has 1 aromatic carbocycles. The van der Waals surface area contributed by atoms with E-state index in [0.717, 1.165) is 11.3 Å². The van der Waals surface area contributed by atoms with Crippen LogP contribution in [0.2, 0.25) is 0 Å². The van der Waals surface area contributed by atoms with Crippen molar-refractivity contribution in [1.29, 1.82) is 5.26 Å². The molecule has 11 heteroatoms. The van der Waals surface area contributed by atoms with Crippen molar-refractivity contribution in [2.75, 3.05) is 23.6 Å². The molecule has 0 atom stereocenters. The minimum Gasteiger partial charge on any atom is -0.492 e. The molecule has 4 heterocycles. The van der Waals surface area contributed by atoms with Crippen molar-refractivity contribution in [3.63, 3.8) is 0 Å². The molecule has 0 spiro atoms. The molecule has 0 radical (unpaired) electrons. The van der Waals surface area contributed by atoms with Crippen LogP contribution in [0.3, 0.4) is 0 Å². The van der Waals surface area contributed by atoms with Gasteiger partial charge in [0.05, 0.1) is 29.1 Å². The van der Waals surface area contributed by atoms with Crippen molar-refractivity contribution in [1.82, 2.24) is 4.98 Å². The largest absolute Gasteiger partial charge is 0.492 e. The molecule has 0 bridgehead atoms. The zero-order valence-corrected chi connectivity index (χ0v) is 17.1. The van der Waals surface area contributed by atoms with Crippen LogP contribution in [-0.2, 0) is 4.74 Å². The lowest BCUT2D eigenvalue weighted by Crippen LogP contribution is -2.35. The highest BCUT2D eigenvalue weighted by Gasteiger charge is 2.39. The Kier molecular flexibility index (Phi) is 4.13. The number of ether oxygens (including phenoxy) is 3. The van der Waals surface area contributed by atoms with Gasteiger partial charge in [0.15, 0.2) is 11.5 Å². The normalized spacial score (nSPS) is 13.8. The maximum Gasteiger partial charge on any atom is 0.350 e. The maximum absolute atomic E-state index is 13.3. The molecule has 2 aliphatic rings. The van der Waals surface area contributed by atoms with Gasteiger partial charge in [0.2, 0.25) is 12.7 Å². The molecule has 0 unspecified atom stereocenters. The average Bonchev–Trinajstić information content (AvgIpc) is 3.34. The third-order valence-electron chi connectivity index (χ3n) is 4.96. The molecule has 0 saturated heterocycles. The maximum atomic E-state index is 13.3. The van der Waals surface area contributed by atoms with Crippen molar-refractivity contribution in [3.05, 3.63) is 28.1 Å². The van der Waals surface area contributed by atoms with Gasteiger partial charge in [0.25, 0.3) is 0 Å². The number of nitrogens with zero attached hydrogens (tertiary/aromatic N) is 3. The first-order valence-electron chi connectivity index (χ1n) is 9.23. The second kappa shape index (κ2) is 6.75. The molecular formula is C20H14N4O6S. The number of esters is 1. The summed E-state index contributed by atoms with van der Waals surface area (Å²) < 4.78 is 16.1. The van der Waals surface area contributed by atoms with E-state index in [1.165, 1.54) is 4.90 Å². The van der Waals surface area contributed by atoms with Gasteiger partial charge >= 0.3 is 12.0 Å². The van der Waals surface area contributed by atoms with Gasteiger partial charge in [-0.2, -0.15) is 5.26 Å². The minimum absolute atomic E-state index is 0.0138. The lowest BCUT2D eigenvalue weighted by molar-refractivity contribution is 0.0533. The molecule has 2 amide bonds. The average molecular weight is 438 g/mol. The summed E-state index contributed by atoms with van der Waals surface area (Å²) in [5.74, 6) is -0.389. The van der Waals surface area contributed by atoms with Gasteiger partial charge in [-0.05, 0) is 25.5 Å². The summed E-state index contributed by atoms with van der Waals surface area (Å²) in [6.07, 6.45) is 0. The second-order valence-corrected chi connectivity index (χ2v) is 7.71. The Balaban J connectivity index is 1.86. The Labute approximate surface area is 179 Å². The number of fused-ring (bicyclic) bond motifs is 1. The summed E-state index contributed by atoms with van der Waals surface area (Å²) in [7, 11) is 0. The second-order valence-electron chi connectivity index (χ2n) is 6.71. The van der Waals surface area contributed by atoms with Crippen molar-refractivity contribution in [3.8, 4) is 23.4 Å². The van der Waals surface area contributed by atoms with Gasteiger partial charge in [0, 0.05) is 0 Å². The Morgan fingerprint density at radius 3 is 2.97 bits per heavy atom. The fraction of sp³-hybridized carbons (Fsp3) is 0.200. The quantitative estimate of drug-likeness (QED) is 0.590. The van der Waals surface area contributed by atoms with Crippen LogP contribution in [0.5, 0.6) is 17.4 Å². The molecule has 0 fully saturated rings. The lowest BCUT2D eigenvalue weighted by Gasteiger charge is -2.30. The Morgan fingerprint density at radius 2 is 2.23 bits per heavy atom. The smallest absolute Gasteiger partial charge is 0.350 e. The van der Waals surface area contributed by atoms with Gasteiger partial charge in [0.1, 0.15) is 21.3 Å². The summed E-state index contributed by atoms with van der Waals surface area (Å²) in [5, 5.41) is 23.3. The number of rotatable bonds is 3. The number of anilines is 3. The van der Waals surface area contributed by atoms with E-state index in [0.29, 0.717) is 28.1 Å². The van der Waals surface area contributed by atoms with E-state index in [-0.39, 0.29) is 40.0 Å². The lowest BCUT2D eigenvalue weighted by atomic mass is 10.0. The van der Waals surface area contributed by atoms with Crippen LogP contribution in [0.1, 0.15) is 27.7 Å². The number of carbonyl (C=O) groups excluding carboxylic acids is 2. The van der Waals surface area contributed by atoms with E-state index >= 15 is 0 Å². The van der Waals surface area contributed by atoms with E-state index < -0.39 is 17.9 Å². The van der Waals surface area contributed by atoms with E-state index in [1.807, 2.05) is 6.07 Å². The van der Waals surface area contributed by atoms with Crippen LogP contribution in [0.25, 0.3) is 10.2 Å². The molecule has 10 nitrogen and oxygen atoms in total. The molecule has 2 N–H and O–H groups in total.